The first-order valence-corrected chi connectivity index (χ1v) is 6.18. The van der Waals surface area contributed by atoms with Crippen LogP contribution in [0.15, 0.2) is 60.7 Å². The first-order chi connectivity index (χ1) is 7.95. The Morgan fingerprint density at radius 3 is 1.94 bits per heavy atom. The lowest BCUT2D eigenvalue weighted by Gasteiger charge is -2.02. The summed E-state index contributed by atoms with van der Waals surface area (Å²) >= 11 is 1.50. The van der Waals surface area contributed by atoms with Gasteiger partial charge in [-0.1, -0.05) is 60.7 Å². The van der Waals surface area contributed by atoms with E-state index in [1.165, 1.54) is 23.2 Å². The minimum atomic E-state index is 0.665. The van der Waals surface area contributed by atoms with Crippen molar-refractivity contribution in [3.05, 3.63) is 71.8 Å². The van der Waals surface area contributed by atoms with E-state index in [1.54, 1.807) is 0 Å². The molecule has 0 aliphatic carbocycles. The maximum absolute atomic E-state index is 5.54. The highest BCUT2D eigenvalue weighted by atomic mass is 32.2. The predicted molar refractivity (Wildman–Crippen MR) is 69.0 cm³/mol. The van der Waals surface area contributed by atoms with Crippen LogP contribution in [0.1, 0.15) is 11.1 Å². The monoisotopic (exact) mass is 230 g/mol. The van der Waals surface area contributed by atoms with Crippen molar-refractivity contribution in [3.8, 4) is 0 Å². The van der Waals surface area contributed by atoms with Crippen LogP contribution >= 0.6 is 12.0 Å². The summed E-state index contributed by atoms with van der Waals surface area (Å²) in [5.74, 6) is 0.897. The van der Waals surface area contributed by atoms with Gasteiger partial charge in [0.15, 0.2) is 0 Å². The van der Waals surface area contributed by atoms with Gasteiger partial charge in [0.05, 0.1) is 6.61 Å². The fourth-order valence-electron chi connectivity index (χ4n) is 1.37. The number of rotatable bonds is 5. The van der Waals surface area contributed by atoms with Crippen molar-refractivity contribution in [2.75, 3.05) is 0 Å². The van der Waals surface area contributed by atoms with Gasteiger partial charge < -0.3 is 4.18 Å². The molecule has 0 atom stereocenters. The van der Waals surface area contributed by atoms with E-state index in [0.717, 1.165) is 5.75 Å². The molecule has 0 saturated heterocycles. The van der Waals surface area contributed by atoms with Gasteiger partial charge in [-0.25, -0.2) is 0 Å². The maximum Gasteiger partial charge on any atom is 0.0864 e. The maximum atomic E-state index is 5.54. The molecule has 0 saturated carbocycles. The zero-order valence-electron chi connectivity index (χ0n) is 9.00. The number of benzene rings is 2. The second kappa shape index (κ2) is 6.36. The van der Waals surface area contributed by atoms with Crippen LogP contribution in [0.3, 0.4) is 0 Å². The highest BCUT2D eigenvalue weighted by Crippen LogP contribution is 2.15. The molecule has 2 rings (SSSR count). The van der Waals surface area contributed by atoms with E-state index in [2.05, 4.69) is 24.3 Å². The molecule has 0 radical (unpaired) electrons. The third kappa shape index (κ3) is 3.72. The third-order valence-corrected chi connectivity index (χ3v) is 2.96. The van der Waals surface area contributed by atoms with Gasteiger partial charge >= 0.3 is 0 Å². The minimum absolute atomic E-state index is 0.665. The fraction of sp³-hybridized carbons (Fsp3) is 0.143. The fourth-order valence-corrected chi connectivity index (χ4v) is 2.00. The van der Waals surface area contributed by atoms with E-state index < -0.39 is 0 Å². The lowest BCUT2D eigenvalue weighted by atomic mass is 10.2. The SMILES string of the molecule is c1ccc(COSCc2ccccc2)cc1. The topological polar surface area (TPSA) is 9.23 Å². The molecule has 82 valence electrons. The van der Waals surface area contributed by atoms with Crippen LogP contribution in [0.2, 0.25) is 0 Å². The molecule has 0 fully saturated rings. The number of hydrogen-bond donors (Lipinski definition) is 0. The van der Waals surface area contributed by atoms with E-state index in [4.69, 9.17) is 4.18 Å². The zero-order chi connectivity index (χ0) is 11.1. The molecule has 0 amide bonds. The Kier molecular flexibility index (Phi) is 4.47. The second-order valence-electron chi connectivity index (χ2n) is 3.50. The molecule has 0 aromatic heterocycles. The summed E-state index contributed by atoms with van der Waals surface area (Å²) in [5, 5.41) is 0. The second-order valence-corrected chi connectivity index (χ2v) is 4.26. The Labute approximate surface area is 101 Å². The molecule has 2 aromatic rings. The number of hydrogen-bond acceptors (Lipinski definition) is 2. The van der Waals surface area contributed by atoms with E-state index >= 15 is 0 Å². The van der Waals surface area contributed by atoms with Crippen LogP contribution < -0.4 is 0 Å². The molecule has 0 bridgehead atoms. The van der Waals surface area contributed by atoms with E-state index in [1.807, 2.05) is 36.4 Å². The largest absolute Gasteiger partial charge is 0.310 e. The van der Waals surface area contributed by atoms with E-state index in [0.29, 0.717) is 6.61 Å². The molecule has 1 nitrogen and oxygen atoms in total. The van der Waals surface area contributed by atoms with Crippen molar-refractivity contribution in [3.63, 3.8) is 0 Å². The van der Waals surface area contributed by atoms with Crippen molar-refractivity contribution in [2.24, 2.45) is 0 Å². The Bertz CT molecular complexity index is 358. The lowest BCUT2D eigenvalue weighted by molar-refractivity contribution is 0.363. The van der Waals surface area contributed by atoms with Crippen LogP contribution in [0.4, 0.5) is 0 Å². The Hall–Kier alpha value is -1.25. The molecule has 0 spiro atoms. The van der Waals surface area contributed by atoms with Crippen LogP contribution in [0.25, 0.3) is 0 Å². The molecule has 0 heterocycles. The van der Waals surface area contributed by atoms with Gasteiger partial charge in [-0.15, -0.1) is 0 Å². The Balaban J connectivity index is 1.70. The molecule has 2 heteroatoms. The van der Waals surface area contributed by atoms with Gasteiger partial charge in [0.1, 0.15) is 0 Å². The smallest absolute Gasteiger partial charge is 0.0864 e. The van der Waals surface area contributed by atoms with Gasteiger partial charge in [-0.05, 0) is 23.2 Å². The summed E-state index contributed by atoms with van der Waals surface area (Å²) in [6.45, 7) is 0.665. The van der Waals surface area contributed by atoms with Crippen molar-refractivity contribution >= 4 is 12.0 Å². The molecule has 0 unspecified atom stereocenters. The van der Waals surface area contributed by atoms with Crippen molar-refractivity contribution < 1.29 is 4.18 Å². The average molecular weight is 230 g/mol. The Morgan fingerprint density at radius 2 is 1.31 bits per heavy atom. The Morgan fingerprint density at radius 1 is 0.750 bits per heavy atom. The first-order valence-electron chi connectivity index (χ1n) is 5.27. The highest BCUT2D eigenvalue weighted by molar-refractivity contribution is 7.93. The van der Waals surface area contributed by atoms with Crippen LogP contribution in [0, 0.1) is 0 Å². The lowest BCUT2D eigenvalue weighted by Crippen LogP contribution is -1.86. The molecule has 0 N–H and O–H groups in total. The summed E-state index contributed by atoms with van der Waals surface area (Å²) in [6, 6.07) is 20.6. The molecular weight excluding hydrogens is 216 g/mol. The van der Waals surface area contributed by atoms with Crippen molar-refractivity contribution in [1.82, 2.24) is 0 Å². The van der Waals surface area contributed by atoms with Gasteiger partial charge in [0.25, 0.3) is 0 Å². The summed E-state index contributed by atoms with van der Waals surface area (Å²) in [5.41, 5.74) is 2.50. The summed E-state index contributed by atoms with van der Waals surface area (Å²) < 4.78 is 5.54. The third-order valence-electron chi connectivity index (χ3n) is 2.22. The van der Waals surface area contributed by atoms with E-state index in [9.17, 15) is 0 Å². The van der Waals surface area contributed by atoms with Crippen molar-refractivity contribution in [1.29, 1.82) is 0 Å². The standard InChI is InChI=1S/C14H14OS/c1-3-7-13(8-4-1)11-15-16-12-14-9-5-2-6-10-14/h1-10H,11-12H2. The van der Waals surface area contributed by atoms with Crippen LogP contribution in [0.5, 0.6) is 0 Å². The molecule has 2 aromatic carbocycles. The summed E-state index contributed by atoms with van der Waals surface area (Å²) in [7, 11) is 0. The summed E-state index contributed by atoms with van der Waals surface area (Å²) in [6.07, 6.45) is 0. The van der Waals surface area contributed by atoms with Gasteiger partial charge in [-0.3, -0.25) is 0 Å². The zero-order valence-corrected chi connectivity index (χ0v) is 9.82. The quantitative estimate of drug-likeness (QED) is 0.566. The first kappa shape index (κ1) is 11.2. The van der Waals surface area contributed by atoms with Gasteiger partial charge in [-0.2, -0.15) is 0 Å². The minimum Gasteiger partial charge on any atom is -0.310 e. The molecule has 16 heavy (non-hydrogen) atoms. The highest BCUT2D eigenvalue weighted by Gasteiger charge is 1.94. The predicted octanol–water partition coefficient (Wildman–Crippen LogP) is 4.05. The average Bonchev–Trinajstić information content (AvgIpc) is 2.37. The van der Waals surface area contributed by atoms with Crippen molar-refractivity contribution in [2.45, 2.75) is 12.4 Å². The summed E-state index contributed by atoms with van der Waals surface area (Å²) in [4.78, 5) is 0. The van der Waals surface area contributed by atoms with Gasteiger partial charge in [0, 0.05) is 5.75 Å². The normalized spacial score (nSPS) is 10.2. The molecule has 0 aliphatic heterocycles. The van der Waals surface area contributed by atoms with Crippen LogP contribution in [-0.2, 0) is 16.5 Å². The molecular formula is C14H14OS. The van der Waals surface area contributed by atoms with E-state index in [-0.39, 0.29) is 0 Å². The van der Waals surface area contributed by atoms with Gasteiger partial charge in [0.2, 0.25) is 0 Å². The molecule has 0 aliphatic rings. The van der Waals surface area contributed by atoms with Crippen LogP contribution in [-0.4, -0.2) is 0 Å².